The third-order valence-electron chi connectivity index (χ3n) is 2.50. The largest absolute Gasteiger partial charge is 0.392 e. The predicted octanol–water partition coefficient (Wildman–Crippen LogP) is 1.35. The first-order chi connectivity index (χ1) is 7.97. The van der Waals surface area contributed by atoms with E-state index >= 15 is 0 Å². The lowest BCUT2D eigenvalue weighted by atomic mass is 10.2. The minimum Gasteiger partial charge on any atom is -0.392 e. The first kappa shape index (κ1) is 14.1. The summed E-state index contributed by atoms with van der Waals surface area (Å²) in [7, 11) is -3.78. The molecule has 0 aliphatic rings. The van der Waals surface area contributed by atoms with Crippen LogP contribution in [0.2, 0.25) is 0 Å². The first-order valence-corrected chi connectivity index (χ1v) is 6.80. The van der Waals surface area contributed by atoms with Gasteiger partial charge in [0.25, 0.3) is 0 Å². The Morgan fingerprint density at radius 3 is 2.29 bits per heavy atom. The molecule has 0 amide bonds. The van der Waals surface area contributed by atoms with E-state index in [2.05, 4.69) is 0 Å². The molecule has 0 heterocycles. The predicted molar refractivity (Wildman–Crippen MR) is 62.4 cm³/mol. The monoisotopic (exact) mass is 261 g/mol. The van der Waals surface area contributed by atoms with E-state index in [9.17, 15) is 12.8 Å². The van der Waals surface area contributed by atoms with Crippen LogP contribution in [0.1, 0.15) is 19.4 Å². The van der Waals surface area contributed by atoms with Gasteiger partial charge in [-0.1, -0.05) is 19.9 Å². The molecule has 1 aromatic carbocycles. The molecule has 1 rings (SSSR count). The quantitative estimate of drug-likeness (QED) is 0.870. The smallest absolute Gasteiger partial charge is 0.245 e. The fourth-order valence-corrected chi connectivity index (χ4v) is 3.06. The summed E-state index contributed by atoms with van der Waals surface area (Å²) in [4.78, 5) is -0.349. The number of aliphatic hydroxyl groups is 1. The van der Waals surface area contributed by atoms with Crippen molar-refractivity contribution in [2.24, 2.45) is 0 Å². The molecule has 0 unspecified atom stereocenters. The van der Waals surface area contributed by atoms with E-state index < -0.39 is 15.8 Å². The van der Waals surface area contributed by atoms with E-state index in [0.29, 0.717) is 18.7 Å². The van der Waals surface area contributed by atoms with Crippen LogP contribution in [0.15, 0.2) is 23.1 Å². The lowest BCUT2D eigenvalue weighted by molar-refractivity contribution is 0.281. The molecule has 0 bridgehead atoms. The van der Waals surface area contributed by atoms with Crippen molar-refractivity contribution >= 4 is 10.0 Å². The van der Waals surface area contributed by atoms with Crippen molar-refractivity contribution in [3.63, 3.8) is 0 Å². The maximum absolute atomic E-state index is 13.6. The molecule has 0 aliphatic heterocycles. The van der Waals surface area contributed by atoms with Crippen LogP contribution in [0, 0.1) is 5.82 Å². The molecule has 6 heteroatoms. The van der Waals surface area contributed by atoms with Gasteiger partial charge in [0.1, 0.15) is 10.7 Å². The lowest BCUT2D eigenvalue weighted by Crippen LogP contribution is -2.31. The van der Waals surface area contributed by atoms with E-state index in [-0.39, 0.29) is 11.5 Å². The standard InChI is InChI=1S/C11H16FNO3S/c1-3-13(4-2)17(15,16)11-6-5-9(8-14)7-10(11)12/h5-7,14H,3-4,8H2,1-2H3. The van der Waals surface area contributed by atoms with Crippen LogP contribution in [0.3, 0.4) is 0 Å². The topological polar surface area (TPSA) is 57.6 Å². The molecular weight excluding hydrogens is 245 g/mol. The van der Waals surface area contributed by atoms with Crippen molar-refractivity contribution in [2.45, 2.75) is 25.3 Å². The highest BCUT2D eigenvalue weighted by Gasteiger charge is 2.24. The molecule has 0 saturated carbocycles. The number of hydrogen-bond acceptors (Lipinski definition) is 3. The lowest BCUT2D eigenvalue weighted by Gasteiger charge is -2.18. The summed E-state index contributed by atoms with van der Waals surface area (Å²) in [6, 6.07) is 3.63. The van der Waals surface area contributed by atoms with Gasteiger partial charge in [-0.05, 0) is 17.7 Å². The summed E-state index contributed by atoms with van der Waals surface area (Å²) >= 11 is 0. The highest BCUT2D eigenvalue weighted by molar-refractivity contribution is 7.89. The SMILES string of the molecule is CCN(CC)S(=O)(=O)c1ccc(CO)cc1F. The van der Waals surface area contributed by atoms with Crippen molar-refractivity contribution in [1.82, 2.24) is 4.31 Å². The number of hydrogen-bond donors (Lipinski definition) is 1. The maximum Gasteiger partial charge on any atom is 0.245 e. The number of benzene rings is 1. The van der Waals surface area contributed by atoms with Crippen LogP contribution in [0.5, 0.6) is 0 Å². The van der Waals surface area contributed by atoms with Gasteiger partial charge in [0.05, 0.1) is 6.61 Å². The summed E-state index contributed by atoms with van der Waals surface area (Å²) in [6.45, 7) is 3.66. The highest BCUT2D eigenvalue weighted by Crippen LogP contribution is 2.20. The van der Waals surface area contributed by atoms with Crippen LogP contribution < -0.4 is 0 Å². The molecule has 1 N–H and O–H groups in total. The van der Waals surface area contributed by atoms with Gasteiger partial charge in [-0.2, -0.15) is 4.31 Å². The van der Waals surface area contributed by atoms with E-state index in [1.54, 1.807) is 13.8 Å². The molecule has 1 aromatic rings. The maximum atomic E-state index is 13.6. The van der Waals surface area contributed by atoms with Crippen LogP contribution >= 0.6 is 0 Å². The van der Waals surface area contributed by atoms with Crippen molar-refractivity contribution in [3.05, 3.63) is 29.6 Å². The van der Waals surface area contributed by atoms with Gasteiger partial charge in [0.15, 0.2) is 0 Å². The Balaban J connectivity index is 3.24. The Bertz CT molecular complexity index is 483. The van der Waals surface area contributed by atoms with Crippen LogP contribution in [-0.2, 0) is 16.6 Å². The molecule has 17 heavy (non-hydrogen) atoms. The highest BCUT2D eigenvalue weighted by atomic mass is 32.2. The molecule has 4 nitrogen and oxygen atoms in total. The summed E-state index contributed by atoms with van der Waals surface area (Å²) in [5.41, 5.74) is 0.348. The minimum absolute atomic E-state index is 0.292. The number of aliphatic hydroxyl groups excluding tert-OH is 1. The number of halogens is 1. The van der Waals surface area contributed by atoms with Gasteiger partial charge in [-0.15, -0.1) is 0 Å². The van der Waals surface area contributed by atoms with E-state index in [4.69, 9.17) is 5.11 Å². The summed E-state index contributed by atoms with van der Waals surface area (Å²) in [6.07, 6.45) is 0. The van der Waals surface area contributed by atoms with Crippen molar-refractivity contribution in [1.29, 1.82) is 0 Å². The molecule has 96 valence electrons. The van der Waals surface area contributed by atoms with Gasteiger partial charge in [0, 0.05) is 13.1 Å². The average molecular weight is 261 g/mol. The van der Waals surface area contributed by atoms with Crippen LogP contribution in [0.4, 0.5) is 4.39 Å². The zero-order chi connectivity index (χ0) is 13.1. The van der Waals surface area contributed by atoms with Crippen molar-refractivity contribution in [2.75, 3.05) is 13.1 Å². The second-order valence-corrected chi connectivity index (χ2v) is 5.42. The second-order valence-electron chi connectivity index (χ2n) is 3.51. The molecular formula is C11H16FNO3S. The third kappa shape index (κ3) is 2.83. The molecule has 0 saturated heterocycles. The van der Waals surface area contributed by atoms with Gasteiger partial charge >= 0.3 is 0 Å². The fourth-order valence-electron chi connectivity index (χ4n) is 1.55. The molecule has 0 aliphatic carbocycles. The van der Waals surface area contributed by atoms with Gasteiger partial charge < -0.3 is 5.11 Å². The number of nitrogens with zero attached hydrogens (tertiary/aromatic N) is 1. The van der Waals surface area contributed by atoms with Crippen molar-refractivity contribution in [3.8, 4) is 0 Å². The Labute approximate surface area is 101 Å². The Hall–Kier alpha value is -0.980. The summed E-state index contributed by atoms with van der Waals surface area (Å²) < 4.78 is 38.9. The van der Waals surface area contributed by atoms with Gasteiger partial charge in [0.2, 0.25) is 10.0 Å². The fraction of sp³-hybridized carbons (Fsp3) is 0.455. The number of rotatable bonds is 5. The Morgan fingerprint density at radius 1 is 1.29 bits per heavy atom. The summed E-state index contributed by atoms with van der Waals surface area (Å²) in [5.74, 6) is -0.830. The minimum atomic E-state index is -3.78. The normalized spacial score (nSPS) is 12.1. The van der Waals surface area contributed by atoms with E-state index in [1.807, 2.05) is 0 Å². The molecule has 0 fully saturated rings. The van der Waals surface area contributed by atoms with Gasteiger partial charge in [-0.3, -0.25) is 0 Å². The molecule has 0 spiro atoms. The first-order valence-electron chi connectivity index (χ1n) is 5.36. The summed E-state index contributed by atoms with van der Waals surface area (Å²) in [5, 5.41) is 8.83. The second kappa shape index (κ2) is 5.57. The van der Waals surface area contributed by atoms with E-state index in [1.165, 1.54) is 16.4 Å². The van der Waals surface area contributed by atoms with Gasteiger partial charge in [-0.25, -0.2) is 12.8 Å². The Kier molecular flexibility index (Phi) is 4.62. The Morgan fingerprint density at radius 2 is 1.88 bits per heavy atom. The third-order valence-corrected chi connectivity index (χ3v) is 4.59. The number of sulfonamides is 1. The average Bonchev–Trinajstić information content (AvgIpc) is 2.29. The zero-order valence-corrected chi connectivity index (χ0v) is 10.7. The molecule has 0 aromatic heterocycles. The zero-order valence-electron chi connectivity index (χ0n) is 9.85. The van der Waals surface area contributed by atoms with E-state index in [0.717, 1.165) is 6.07 Å². The van der Waals surface area contributed by atoms with Crippen LogP contribution in [0.25, 0.3) is 0 Å². The molecule has 0 atom stereocenters. The van der Waals surface area contributed by atoms with Crippen molar-refractivity contribution < 1.29 is 17.9 Å². The molecule has 0 radical (unpaired) electrons. The van der Waals surface area contributed by atoms with Crippen LogP contribution in [-0.4, -0.2) is 30.9 Å².